The van der Waals surface area contributed by atoms with E-state index in [1.165, 1.54) is 42.9 Å². The summed E-state index contributed by atoms with van der Waals surface area (Å²) < 4.78 is 39.4. The van der Waals surface area contributed by atoms with E-state index in [9.17, 15) is 18.0 Å². The number of hydrogen-bond donors (Lipinski definition) is 2. The molecule has 1 fully saturated rings. The molecule has 0 spiro atoms. The van der Waals surface area contributed by atoms with Crippen LogP contribution in [0.25, 0.3) is 11.3 Å². The molecule has 0 radical (unpaired) electrons. The zero-order valence-corrected chi connectivity index (χ0v) is 21.9. The Kier molecular flexibility index (Phi) is 8.06. The van der Waals surface area contributed by atoms with Crippen LogP contribution in [0.1, 0.15) is 41.3 Å². The first-order valence-electron chi connectivity index (χ1n) is 13.1. The summed E-state index contributed by atoms with van der Waals surface area (Å²) in [5, 5.41) is 5.83. The Morgan fingerprint density at radius 2 is 1.73 bits per heavy atom. The maximum atomic E-state index is 13.1. The van der Waals surface area contributed by atoms with Crippen molar-refractivity contribution in [3.05, 3.63) is 95.8 Å². The molecule has 2 aromatic carbocycles. The molecule has 0 unspecified atom stereocenters. The second-order valence-electron chi connectivity index (χ2n) is 10.0. The minimum atomic E-state index is -4.46. The van der Waals surface area contributed by atoms with Crippen LogP contribution in [0, 0.1) is 5.92 Å². The SMILES string of the molecule is CC1CCN(Cc2ccc(NC(=O)c3ccnc(Nc4nccc(-c5cccc(C(F)(F)F)c5)n4)c3)cc2)CC1. The molecule has 0 aliphatic carbocycles. The number of carbonyl (C=O) groups is 1. The number of nitrogens with zero attached hydrogens (tertiary/aromatic N) is 4. The molecule has 0 bridgehead atoms. The standard InChI is InChI=1S/C30H29F3N6O/c1-20-11-15-39(16-12-20)19-21-5-7-25(8-6-21)36-28(40)23-9-13-34-27(18-23)38-29-35-14-10-26(37-29)22-3-2-4-24(17-22)30(31,32)33/h2-10,13-14,17-18,20H,11-12,15-16,19H2,1H3,(H,36,40)(H,34,35,37,38). The predicted octanol–water partition coefficient (Wildman–Crippen LogP) is 6.79. The Hall–Kier alpha value is -4.31. The van der Waals surface area contributed by atoms with Crippen LogP contribution < -0.4 is 10.6 Å². The van der Waals surface area contributed by atoms with Gasteiger partial charge in [0, 0.05) is 35.8 Å². The highest BCUT2D eigenvalue weighted by Gasteiger charge is 2.30. The second-order valence-corrected chi connectivity index (χ2v) is 10.0. The minimum Gasteiger partial charge on any atom is -0.322 e. The molecule has 1 saturated heterocycles. The van der Waals surface area contributed by atoms with Gasteiger partial charge in [-0.05, 0) is 79.9 Å². The summed E-state index contributed by atoms with van der Waals surface area (Å²) in [7, 11) is 0. The quantitative estimate of drug-likeness (QED) is 0.266. The third-order valence-corrected chi connectivity index (χ3v) is 6.90. The Bertz CT molecular complexity index is 1470. The van der Waals surface area contributed by atoms with Gasteiger partial charge in [0.2, 0.25) is 5.95 Å². The topological polar surface area (TPSA) is 83.0 Å². The van der Waals surface area contributed by atoms with Crippen molar-refractivity contribution in [3.8, 4) is 11.3 Å². The second kappa shape index (κ2) is 11.8. The van der Waals surface area contributed by atoms with Gasteiger partial charge >= 0.3 is 6.18 Å². The van der Waals surface area contributed by atoms with Gasteiger partial charge in [0.1, 0.15) is 5.82 Å². The fraction of sp³-hybridized carbons (Fsp3) is 0.267. The maximum absolute atomic E-state index is 13.1. The summed E-state index contributed by atoms with van der Waals surface area (Å²) in [6.07, 6.45) is 0.922. The normalized spacial score (nSPS) is 14.6. The molecule has 1 amide bonds. The highest BCUT2D eigenvalue weighted by Crippen LogP contribution is 2.32. The number of halogens is 3. The van der Waals surface area contributed by atoms with Crippen LogP contribution in [0.4, 0.5) is 30.6 Å². The number of alkyl halides is 3. The lowest BCUT2D eigenvalue weighted by Gasteiger charge is -2.30. The van der Waals surface area contributed by atoms with Crippen LogP contribution in [0.2, 0.25) is 0 Å². The van der Waals surface area contributed by atoms with E-state index in [4.69, 9.17) is 0 Å². The fourth-order valence-corrected chi connectivity index (χ4v) is 4.56. The lowest BCUT2D eigenvalue weighted by molar-refractivity contribution is -0.137. The van der Waals surface area contributed by atoms with Gasteiger partial charge in [-0.1, -0.05) is 31.2 Å². The molecule has 2 N–H and O–H groups in total. The van der Waals surface area contributed by atoms with E-state index in [0.717, 1.165) is 37.7 Å². The van der Waals surface area contributed by atoms with Crippen molar-refractivity contribution in [2.45, 2.75) is 32.5 Å². The molecular formula is C30H29F3N6O. The van der Waals surface area contributed by atoms with Crippen LogP contribution in [0.3, 0.4) is 0 Å². The highest BCUT2D eigenvalue weighted by molar-refractivity contribution is 6.04. The molecule has 3 heterocycles. The third kappa shape index (κ3) is 7.01. The van der Waals surface area contributed by atoms with Crippen molar-refractivity contribution >= 4 is 23.4 Å². The van der Waals surface area contributed by atoms with Gasteiger partial charge in [-0.25, -0.2) is 15.0 Å². The number of anilines is 3. The summed E-state index contributed by atoms with van der Waals surface area (Å²) >= 11 is 0. The Balaban J connectivity index is 1.22. The summed E-state index contributed by atoms with van der Waals surface area (Å²) in [4.78, 5) is 28.0. The number of hydrogen-bond acceptors (Lipinski definition) is 6. The third-order valence-electron chi connectivity index (χ3n) is 6.90. The van der Waals surface area contributed by atoms with Crippen LogP contribution in [0.15, 0.2) is 79.1 Å². The number of pyridine rings is 1. The van der Waals surface area contributed by atoms with E-state index in [1.807, 2.05) is 24.3 Å². The lowest BCUT2D eigenvalue weighted by atomic mass is 9.99. The summed E-state index contributed by atoms with van der Waals surface area (Å²) in [6.45, 7) is 5.42. The summed E-state index contributed by atoms with van der Waals surface area (Å²) in [5.41, 5.74) is 2.12. The van der Waals surface area contributed by atoms with Crippen molar-refractivity contribution in [1.82, 2.24) is 19.9 Å². The summed E-state index contributed by atoms with van der Waals surface area (Å²) in [6, 6.07) is 17.4. The fourth-order valence-electron chi connectivity index (χ4n) is 4.56. The van der Waals surface area contributed by atoms with Crippen molar-refractivity contribution in [2.24, 2.45) is 5.92 Å². The monoisotopic (exact) mass is 546 g/mol. The van der Waals surface area contributed by atoms with E-state index in [2.05, 4.69) is 37.4 Å². The highest BCUT2D eigenvalue weighted by atomic mass is 19.4. The molecule has 1 aliphatic rings. The number of nitrogens with one attached hydrogen (secondary N) is 2. The molecule has 1 aliphatic heterocycles. The number of benzene rings is 2. The van der Waals surface area contributed by atoms with Crippen molar-refractivity contribution in [2.75, 3.05) is 23.7 Å². The number of piperidine rings is 1. The van der Waals surface area contributed by atoms with Gasteiger partial charge in [0.25, 0.3) is 5.91 Å². The number of aromatic nitrogens is 3. The largest absolute Gasteiger partial charge is 0.416 e. The smallest absolute Gasteiger partial charge is 0.322 e. The van der Waals surface area contributed by atoms with E-state index in [1.54, 1.807) is 18.2 Å². The first-order valence-corrected chi connectivity index (χ1v) is 13.1. The molecule has 7 nitrogen and oxygen atoms in total. The van der Waals surface area contributed by atoms with Crippen LogP contribution in [-0.4, -0.2) is 38.8 Å². The minimum absolute atomic E-state index is 0.138. The molecule has 0 saturated carbocycles. The van der Waals surface area contributed by atoms with E-state index in [-0.39, 0.29) is 11.9 Å². The molecule has 5 rings (SSSR count). The van der Waals surface area contributed by atoms with E-state index < -0.39 is 11.7 Å². The zero-order valence-electron chi connectivity index (χ0n) is 21.9. The first-order chi connectivity index (χ1) is 19.2. The first kappa shape index (κ1) is 27.3. The van der Waals surface area contributed by atoms with Gasteiger partial charge in [0.05, 0.1) is 11.3 Å². The Labute approximate surface area is 230 Å². The van der Waals surface area contributed by atoms with Gasteiger partial charge in [0.15, 0.2) is 0 Å². The Morgan fingerprint density at radius 3 is 2.48 bits per heavy atom. The molecule has 40 heavy (non-hydrogen) atoms. The maximum Gasteiger partial charge on any atom is 0.416 e. The molecule has 10 heteroatoms. The van der Waals surface area contributed by atoms with Gasteiger partial charge < -0.3 is 10.6 Å². The van der Waals surface area contributed by atoms with Crippen LogP contribution in [0.5, 0.6) is 0 Å². The predicted molar refractivity (Wildman–Crippen MR) is 148 cm³/mol. The van der Waals surface area contributed by atoms with Gasteiger partial charge in [-0.15, -0.1) is 0 Å². The molecule has 2 aromatic heterocycles. The van der Waals surface area contributed by atoms with Crippen molar-refractivity contribution in [3.63, 3.8) is 0 Å². The molecule has 0 atom stereocenters. The number of carbonyl (C=O) groups excluding carboxylic acids is 1. The van der Waals surface area contributed by atoms with Crippen molar-refractivity contribution in [1.29, 1.82) is 0 Å². The molecular weight excluding hydrogens is 517 g/mol. The van der Waals surface area contributed by atoms with Gasteiger partial charge in [-0.3, -0.25) is 9.69 Å². The van der Waals surface area contributed by atoms with Crippen molar-refractivity contribution < 1.29 is 18.0 Å². The number of likely N-dealkylation sites (tertiary alicyclic amines) is 1. The number of rotatable bonds is 7. The van der Waals surface area contributed by atoms with E-state index in [0.29, 0.717) is 28.3 Å². The molecule has 206 valence electrons. The Morgan fingerprint density at radius 1 is 0.975 bits per heavy atom. The lowest BCUT2D eigenvalue weighted by Crippen LogP contribution is -2.32. The average molecular weight is 547 g/mol. The zero-order chi connectivity index (χ0) is 28.1. The summed E-state index contributed by atoms with van der Waals surface area (Å²) in [5.74, 6) is 0.945. The molecule has 4 aromatic rings. The van der Waals surface area contributed by atoms with E-state index >= 15 is 0 Å². The number of amides is 1. The van der Waals surface area contributed by atoms with Gasteiger partial charge in [-0.2, -0.15) is 13.2 Å². The van der Waals surface area contributed by atoms with Crippen LogP contribution >= 0.6 is 0 Å². The van der Waals surface area contributed by atoms with Crippen LogP contribution in [-0.2, 0) is 12.7 Å². The average Bonchev–Trinajstić information content (AvgIpc) is 2.95.